The van der Waals surface area contributed by atoms with Crippen LogP contribution in [0.3, 0.4) is 0 Å². The minimum absolute atomic E-state index is 0.257. The van der Waals surface area contributed by atoms with E-state index in [1.54, 1.807) is 0 Å². The molecular weight excluding hydrogens is 379 g/mol. The van der Waals surface area contributed by atoms with E-state index in [0.717, 1.165) is 23.2 Å². The van der Waals surface area contributed by atoms with Crippen LogP contribution in [0.2, 0.25) is 0 Å². The Hall–Kier alpha value is -2.68. The summed E-state index contributed by atoms with van der Waals surface area (Å²) >= 11 is 1.30. The zero-order valence-corrected chi connectivity index (χ0v) is 15.0. The number of para-hydroxylation sites is 2. The van der Waals surface area contributed by atoms with Crippen LogP contribution in [0.5, 0.6) is 5.75 Å². The second-order valence-electron chi connectivity index (χ2n) is 5.64. The van der Waals surface area contributed by atoms with Gasteiger partial charge < -0.3 is 15.0 Å². The molecule has 0 aliphatic carbocycles. The summed E-state index contributed by atoms with van der Waals surface area (Å²) in [6.07, 6.45) is -4.19. The van der Waals surface area contributed by atoms with Crippen molar-refractivity contribution < 1.29 is 22.7 Å². The number of amides is 1. The third-order valence-corrected chi connectivity index (χ3v) is 4.89. The largest absolute Gasteiger partial charge is 0.573 e. The van der Waals surface area contributed by atoms with Gasteiger partial charge in [0.25, 0.3) is 0 Å². The molecule has 5 nitrogen and oxygen atoms in total. The standard InChI is InChI=1S/C18H16F3N3O2S/c1-2-15(27-17-23-13-5-3-4-6-14(13)24-17)16(25)22-11-7-9-12(10-8-11)26-18(19,20)21/h3-10,15H,2H2,1H3,(H,22,25)(H,23,24)/t15-/m0/s1. The van der Waals surface area contributed by atoms with Crippen LogP contribution in [0.1, 0.15) is 13.3 Å². The van der Waals surface area contributed by atoms with Gasteiger partial charge in [-0.1, -0.05) is 30.8 Å². The number of nitrogens with one attached hydrogen (secondary N) is 2. The van der Waals surface area contributed by atoms with Crippen LogP contribution in [0.4, 0.5) is 18.9 Å². The Kier molecular flexibility index (Phi) is 5.59. The molecule has 142 valence electrons. The van der Waals surface area contributed by atoms with Crippen LogP contribution in [0, 0.1) is 0 Å². The highest BCUT2D eigenvalue weighted by Crippen LogP contribution is 2.27. The molecule has 0 spiro atoms. The Morgan fingerprint density at radius 2 is 1.93 bits per heavy atom. The molecule has 2 aromatic carbocycles. The number of aromatic nitrogens is 2. The lowest BCUT2D eigenvalue weighted by Crippen LogP contribution is -2.24. The number of H-pyrrole nitrogens is 1. The van der Waals surface area contributed by atoms with E-state index < -0.39 is 11.6 Å². The van der Waals surface area contributed by atoms with Crippen molar-refractivity contribution in [3.8, 4) is 5.75 Å². The normalized spacial score (nSPS) is 12.7. The zero-order valence-electron chi connectivity index (χ0n) is 14.2. The number of hydrogen-bond donors (Lipinski definition) is 2. The first-order valence-corrected chi connectivity index (χ1v) is 9.00. The highest BCUT2D eigenvalue weighted by Gasteiger charge is 2.31. The lowest BCUT2D eigenvalue weighted by atomic mass is 10.2. The molecule has 9 heteroatoms. The molecule has 1 heterocycles. The van der Waals surface area contributed by atoms with Crippen LogP contribution in [0.15, 0.2) is 53.7 Å². The van der Waals surface area contributed by atoms with Crippen molar-refractivity contribution in [3.05, 3.63) is 48.5 Å². The summed E-state index contributed by atoms with van der Waals surface area (Å²) in [6, 6.07) is 12.6. The predicted octanol–water partition coefficient (Wildman–Crippen LogP) is 4.97. The van der Waals surface area contributed by atoms with Crippen molar-refractivity contribution in [2.75, 3.05) is 5.32 Å². The third-order valence-electron chi connectivity index (χ3n) is 3.64. The van der Waals surface area contributed by atoms with E-state index >= 15 is 0 Å². The fraction of sp³-hybridized carbons (Fsp3) is 0.222. The number of rotatable bonds is 6. The average Bonchev–Trinajstić information content (AvgIpc) is 3.02. The van der Waals surface area contributed by atoms with Gasteiger partial charge in [0, 0.05) is 5.69 Å². The summed E-state index contributed by atoms with van der Waals surface area (Å²) < 4.78 is 40.4. The van der Waals surface area contributed by atoms with Crippen molar-refractivity contribution >= 4 is 34.4 Å². The van der Waals surface area contributed by atoms with Gasteiger partial charge in [0.1, 0.15) is 5.75 Å². The van der Waals surface area contributed by atoms with Crippen LogP contribution in [-0.4, -0.2) is 27.5 Å². The van der Waals surface area contributed by atoms with Crippen molar-refractivity contribution in [2.45, 2.75) is 30.1 Å². The molecule has 0 fully saturated rings. The Bertz CT molecular complexity index is 892. The van der Waals surface area contributed by atoms with Gasteiger partial charge in [-0.2, -0.15) is 0 Å². The number of hydrogen-bond acceptors (Lipinski definition) is 4. The van der Waals surface area contributed by atoms with E-state index in [0.29, 0.717) is 17.3 Å². The van der Waals surface area contributed by atoms with Gasteiger partial charge in [0.05, 0.1) is 16.3 Å². The summed E-state index contributed by atoms with van der Waals surface area (Å²) in [7, 11) is 0. The SMILES string of the molecule is CC[C@H](Sc1nc2ccccc2[nH]1)C(=O)Nc1ccc(OC(F)(F)F)cc1. The first kappa shape index (κ1) is 19.1. The molecular formula is C18H16F3N3O2S. The number of halogens is 3. The van der Waals surface area contributed by atoms with E-state index in [1.807, 2.05) is 31.2 Å². The predicted molar refractivity (Wildman–Crippen MR) is 97.8 cm³/mol. The fourth-order valence-electron chi connectivity index (χ4n) is 2.40. The van der Waals surface area contributed by atoms with E-state index in [9.17, 15) is 18.0 Å². The van der Waals surface area contributed by atoms with Crippen LogP contribution < -0.4 is 10.1 Å². The van der Waals surface area contributed by atoms with Crippen molar-refractivity contribution in [3.63, 3.8) is 0 Å². The van der Waals surface area contributed by atoms with Gasteiger partial charge in [-0.05, 0) is 42.8 Å². The van der Waals surface area contributed by atoms with Crippen molar-refractivity contribution in [2.24, 2.45) is 0 Å². The zero-order chi connectivity index (χ0) is 19.4. The van der Waals surface area contributed by atoms with E-state index in [4.69, 9.17) is 0 Å². The second kappa shape index (κ2) is 7.91. The Morgan fingerprint density at radius 1 is 1.22 bits per heavy atom. The van der Waals surface area contributed by atoms with Crippen LogP contribution >= 0.6 is 11.8 Å². The molecule has 2 N–H and O–H groups in total. The number of fused-ring (bicyclic) bond motifs is 1. The molecule has 0 saturated heterocycles. The van der Waals surface area contributed by atoms with E-state index in [2.05, 4.69) is 20.0 Å². The van der Waals surface area contributed by atoms with Gasteiger partial charge in [-0.15, -0.1) is 13.2 Å². The number of ether oxygens (including phenoxy) is 1. The highest BCUT2D eigenvalue weighted by atomic mass is 32.2. The van der Waals surface area contributed by atoms with Gasteiger partial charge in [0.2, 0.25) is 5.91 Å². The molecule has 0 saturated carbocycles. The van der Waals surface area contributed by atoms with E-state index in [1.165, 1.54) is 23.9 Å². The lowest BCUT2D eigenvalue weighted by molar-refractivity contribution is -0.274. The smallest absolute Gasteiger partial charge is 0.406 e. The summed E-state index contributed by atoms with van der Waals surface area (Å²) in [6.45, 7) is 1.88. The molecule has 0 bridgehead atoms. The van der Waals surface area contributed by atoms with Gasteiger partial charge in [-0.25, -0.2) is 4.98 Å². The van der Waals surface area contributed by atoms with Crippen LogP contribution in [-0.2, 0) is 4.79 Å². The monoisotopic (exact) mass is 395 g/mol. The number of benzene rings is 2. The second-order valence-corrected chi connectivity index (χ2v) is 6.83. The Labute approximate surface area is 157 Å². The molecule has 3 aromatic rings. The van der Waals surface area contributed by atoms with Gasteiger partial charge in [0.15, 0.2) is 5.16 Å². The van der Waals surface area contributed by atoms with Gasteiger partial charge >= 0.3 is 6.36 Å². The number of imidazole rings is 1. The number of anilines is 1. The first-order chi connectivity index (χ1) is 12.8. The number of alkyl halides is 3. The molecule has 0 unspecified atom stereocenters. The summed E-state index contributed by atoms with van der Waals surface area (Å²) in [4.78, 5) is 20.1. The Morgan fingerprint density at radius 3 is 2.56 bits per heavy atom. The van der Waals surface area contributed by atoms with Crippen LogP contribution in [0.25, 0.3) is 11.0 Å². The van der Waals surface area contributed by atoms with Crippen molar-refractivity contribution in [1.82, 2.24) is 9.97 Å². The topological polar surface area (TPSA) is 67.0 Å². The molecule has 1 aromatic heterocycles. The van der Waals surface area contributed by atoms with Crippen molar-refractivity contribution in [1.29, 1.82) is 0 Å². The maximum absolute atomic E-state index is 12.5. The van der Waals surface area contributed by atoms with Gasteiger partial charge in [-0.3, -0.25) is 4.79 Å². The quantitative estimate of drug-likeness (QED) is 0.578. The maximum atomic E-state index is 12.5. The average molecular weight is 395 g/mol. The first-order valence-electron chi connectivity index (χ1n) is 8.12. The number of thioether (sulfide) groups is 1. The molecule has 0 radical (unpaired) electrons. The third kappa shape index (κ3) is 5.16. The number of carbonyl (C=O) groups excluding carboxylic acids is 1. The highest BCUT2D eigenvalue weighted by molar-refractivity contribution is 8.00. The van der Waals surface area contributed by atoms with E-state index in [-0.39, 0.29) is 11.7 Å². The molecule has 1 atom stereocenters. The molecule has 27 heavy (non-hydrogen) atoms. The molecule has 1 amide bonds. The minimum Gasteiger partial charge on any atom is -0.406 e. The number of nitrogens with zero attached hydrogens (tertiary/aromatic N) is 1. The molecule has 0 aliphatic rings. The minimum atomic E-state index is -4.75. The Balaban J connectivity index is 1.64. The maximum Gasteiger partial charge on any atom is 0.573 e. The summed E-state index contributed by atoms with van der Waals surface area (Å²) in [5.41, 5.74) is 2.09. The number of carbonyl (C=O) groups is 1. The fourth-order valence-corrected chi connectivity index (χ4v) is 3.33. The summed E-state index contributed by atoms with van der Waals surface area (Å²) in [5.74, 6) is -0.600. The molecule has 0 aliphatic heterocycles. The lowest BCUT2D eigenvalue weighted by Gasteiger charge is -2.14. The number of aromatic amines is 1. The molecule has 3 rings (SSSR count). The summed E-state index contributed by atoms with van der Waals surface area (Å²) in [5, 5.41) is 2.92.